The maximum atomic E-state index is 12.6. The van der Waals surface area contributed by atoms with Crippen molar-refractivity contribution in [3.05, 3.63) is 59.2 Å². The summed E-state index contributed by atoms with van der Waals surface area (Å²) >= 11 is 0. The van der Waals surface area contributed by atoms with E-state index in [2.05, 4.69) is 21.8 Å². The Labute approximate surface area is 164 Å². The number of carbonyl (C=O) groups is 2. The fourth-order valence-electron chi connectivity index (χ4n) is 3.58. The molecular formula is C22H24N4O2. The molecule has 2 aliphatic rings. The van der Waals surface area contributed by atoms with Crippen LogP contribution in [0.15, 0.2) is 47.6 Å². The Hall–Kier alpha value is -3.15. The van der Waals surface area contributed by atoms with Crippen LogP contribution >= 0.6 is 0 Å². The number of hydrogen-bond acceptors (Lipinski definition) is 4. The average Bonchev–Trinajstić information content (AvgIpc) is 3.14. The lowest BCUT2D eigenvalue weighted by Gasteiger charge is -2.20. The highest BCUT2D eigenvalue weighted by Crippen LogP contribution is 2.26. The van der Waals surface area contributed by atoms with Gasteiger partial charge < -0.3 is 10.6 Å². The number of nitrogens with zero attached hydrogens (tertiary/aromatic N) is 2. The largest absolute Gasteiger partial charge is 0.346 e. The molecule has 0 fully saturated rings. The predicted octanol–water partition coefficient (Wildman–Crippen LogP) is 3.65. The molecule has 2 aliphatic heterocycles. The van der Waals surface area contributed by atoms with E-state index in [1.54, 1.807) is 0 Å². The smallest absolute Gasteiger partial charge is 0.251 e. The van der Waals surface area contributed by atoms with E-state index in [1.807, 2.05) is 55.3 Å². The van der Waals surface area contributed by atoms with Gasteiger partial charge >= 0.3 is 0 Å². The first-order valence-electron chi connectivity index (χ1n) is 9.65. The molecule has 0 aromatic heterocycles. The Morgan fingerprint density at radius 2 is 1.93 bits per heavy atom. The number of hydrogen-bond donors (Lipinski definition) is 2. The van der Waals surface area contributed by atoms with Crippen LogP contribution in [-0.4, -0.2) is 24.1 Å². The summed E-state index contributed by atoms with van der Waals surface area (Å²) in [5.74, 6) is -0.0500. The fourth-order valence-corrected chi connectivity index (χ4v) is 3.58. The third kappa shape index (κ3) is 3.76. The summed E-state index contributed by atoms with van der Waals surface area (Å²) in [4.78, 5) is 24.1. The molecule has 28 heavy (non-hydrogen) atoms. The van der Waals surface area contributed by atoms with Crippen molar-refractivity contribution < 1.29 is 9.59 Å². The fraction of sp³-hybridized carbons (Fsp3) is 0.318. The average molecular weight is 376 g/mol. The topological polar surface area (TPSA) is 73.8 Å². The number of amides is 2. The summed E-state index contributed by atoms with van der Waals surface area (Å²) in [5.41, 5.74) is 5.76. The van der Waals surface area contributed by atoms with E-state index in [4.69, 9.17) is 0 Å². The zero-order valence-corrected chi connectivity index (χ0v) is 16.2. The van der Waals surface area contributed by atoms with Crippen molar-refractivity contribution in [2.75, 3.05) is 16.9 Å². The maximum Gasteiger partial charge on any atom is 0.251 e. The Kier molecular flexibility index (Phi) is 4.86. The first-order valence-corrected chi connectivity index (χ1v) is 9.65. The van der Waals surface area contributed by atoms with Gasteiger partial charge in [0.15, 0.2) is 0 Å². The molecule has 0 bridgehead atoms. The molecule has 6 nitrogen and oxygen atoms in total. The second-order valence-corrected chi connectivity index (χ2v) is 7.42. The van der Waals surface area contributed by atoms with E-state index < -0.39 is 0 Å². The standard InChI is InChI=1S/C22H24N4O2/c1-14-11-12-26(25-14)19-7-3-16(4-8-19)22(28)23-15(2)17-5-9-20-18(13-17)6-10-21(27)24-20/h3-5,7-9,13,15H,6,10-12H2,1-2H3,(H,23,28)(H,24,27)/t15-/m0/s1. The van der Waals surface area contributed by atoms with Crippen LogP contribution in [0.5, 0.6) is 0 Å². The van der Waals surface area contributed by atoms with Crippen molar-refractivity contribution in [1.82, 2.24) is 5.32 Å². The Morgan fingerprint density at radius 1 is 1.14 bits per heavy atom. The number of carbonyl (C=O) groups excluding carboxylic acids is 2. The normalized spacial score (nSPS) is 16.9. The molecule has 2 aromatic carbocycles. The molecule has 0 unspecified atom stereocenters. The molecular weight excluding hydrogens is 352 g/mol. The minimum atomic E-state index is -0.124. The predicted molar refractivity (Wildman–Crippen MR) is 111 cm³/mol. The highest BCUT2D eigenvalue weighted by molar-refractivity contribution is 5.95. The van der Waals surface area contributed by atoms with Gasteiger partial charge in [0, 0.05) is 36.3 Å². The molecule has 0 radical (unpaired) electrons. The van der Waals surface area contributed by atoms with Crippen molar-refractivity contribution in [3.63, 3.8) is 0 Å². The molecule has 2 heterocycles. The molecule has 0 saturated carbocycles. The van der Waals surface area contributed by atoms with E-state index >= 15 is 0 Å². The van der Waals surface area contributed by atoms with E-state index in [9.17, 15) is 9.59 Å². The summed E-state index contributed by atoms with van der Waals surface area (Å²) < 4.78 is 0. The molecule has 6 heteroatoms. The van der Waals surface area contributed by atoms with Gasteiger partial charge in [0.2, 0.25) is 5.91 Å². The van der Waals surface area contributed by atoms with Crippen LogP contribution in [0, 0.1) is 0 Å². The molecule has 0 saturated heterocycles. The Bertz CT molecular complexity index is 950. The zero-order chi connectivity index (χ0) is 19.7. The van der Waals surface area contributed by atoms with Gasteiger partial charge in [-0.05, 0) is 61.7 Å². The highest BCUT2D eigenvalue weighted by atomic mass is 16.2. The molecule has 1 atom stereocenters. The maximum absolute atomic E-state index is 12.6. The van der Waals surface area contributed by atoms with Crippen LogP contribution in [0.3, 0.4) is 0 Å². The van der Waals surface area contributed by atoms with Crippen molar-refractivity contribution in [3.8, 4) is 0 Å². The lowest BCUT2D eigenvalue weighted by atomic mass is 9.97. The number of nitrogens with one attached hydrogen (secondary N) is 2. The lowest BCUT2D eigenvalue weighted by molar-refractivity contribution is -0.116. The van der Waals surface area contributed by atoms with E-state index in [0.29, 0.717) is 12.0 Å². The van der Waals surface area contributed by atoms with E-state index in [-0.39, 0.29) is 17.9 Å². The molecule has 2 N–H and O–H groups in total. The van der Waals surface area contributed by atoms with Crippen molar-refractivity contribution in [2.45, 2.75) is 39.2 Å². The molecule has 0 aliphatic carbocycles. The number of rotatable bonds is 4. The zero-order valence-electron chi connectivity index (χ0n) is 16.2. The van der Waals surface area contributed by atoms with Gasteiger partial charge in [-0.25, -0.2) is 0 Å². The summed E-state index contributed by atoms with van der Waals surface area (Å²) in [6, 6.07) is 13.3. The number of aryl methyl sites for hydroxylation is 1. The molecule has 2 aromatic rings. The first-order chi connectivity index (χ1) is 13.5. The molecule has 144 valence electrons. The van der Waals surface area contributed by atoms with Crippen molar-refractivity contribution in [2.24, 2.45) is 5.10 Å². The SMILES string of the molecule is CC1=NN(c2ccc(C(=O)N[C@@H](C)c3ccc4c(c3)CCC(=O)N4)cc2)CC1. The number of benzene rings is 2. The third-order valence-corrected chi connectivity index (χ3v) is 5.28. The van der Waals surface area contributed by atoms with Gasteiger partial charge in [0.1, 0.15) is 0 Å². The third-order valence-electron chi connectivity index (χ3n) is 5.28. The number of fused-ring (bicyclic) bond motifs is 1. The van der Waals surface area contributed by atoms with Crippen LogP contribution in [-0.2, 0) is 11.2 Å². The van der Waals surface area contributed by atoms with Gasteiger partial charge in [-0.15, -0.1) is 0 Å². The Morgan fingerprint density at radius 3 is 2.64 bits per heavy atom. The van der Waals surface area contributed by atoms with E-state index in [1.165, 1.54) is 0 Å². The number of anilines is 2. The van der Waals surface area contributed by atoms with Crippen LogP contribution in [0.2, 0.25) is 0 Å². The van der Waals surface area contributed by atoms with Crippen LogP contribution in [0.25, 0.3) is 0 Å². The molecule has 4 rings (SSSR count). The van der Waals surface area contributed by atoms with E-state index in [0.717, 1.165) is 47.6 Å². The van der Waals surface area contributed by atoms with Gasteiger partial charge in [0.25, 0.3) is 5.91 Å². The minimum Gasteiger partial charge on any atom is -0.346 e. The van der Waals surface area contributed by atoms with Gasteiger partial charge in [-0.2, -0.15) is 5.10 Å². The van der Waals surface area contributed by atoms with Crippen LogP contribution in [0.1, 0.15) is 54.2 Å². The minimum absolute atomic E-state index is 0.0554. The molecule has 2 amide bonds. The molecule has 0 spiro atoms. The summed E-state index contributed by atoms with van der Waals surface area (Å²) in [7, 11) is 0. The Balaban J connectivity index is 1.42. The van der Waals surface area contributed by atoms with Crippen LogP contribution < -0.4 is 15.6 Å². The second kappa shape index (κ2) is 7.46. The monoisotopic (exact) mass is 376 g/mol. The quantitative estimate of drug-likeness (QED) is 0.855. The van der Waals surface area contributed by atoms with Gasteiger partial charge in [-0.3, -0.25) is 14.6 Å². The summed E-state index contributed by atoms with van der Waals surface area (Å²) in [5, 5.41) is 12.4. The number of hydrazone groups is 1. The van der Waals surface area contributed by atoms with Gasteiger partial charge in [-0.1, -0.05) is 12.1 Å². The van der Waals surface area contributed by atoms with Crippen molar-refractivity contribution in [1.29, 1.82) is 0 Å². The summed E-state index contributed by atoms with van der Waals surface area (Å²) in [6.45, 7) is 4.88. The summed E-state index contributed by atoms with van der Waals surface area (Å²) in [6.07, 6.45) is 2.21. The van der Waals surface area contributed by atoms with Crippen molar-refractivity contribution >= 4 is 28.9 Å². The van der Waals surface area contributed by atoms with Gasteiger partial charge in [0.05, 0.1) is 11.7 Å². The second-order valence-electron chi connectivity index (χ2n) is 7.42. The van der Waals surface area contributed by atoms with Crippen LogP contribution in [0.4, 0.5) is 11.4 Å². The first kappa shape index (κ1) is 18.2. The lowest BCUT2D eigenvalue weighted by Crippen LogP contribution is -2.27. The highest BCUT2D eigenvalue weighted by Gasteiger charge is 2.18.